The van der Waals surface area contributed by atoms with Crippen LogP contribution in [0.15, 0.2) is 0 Å². The first-order chi connectivity index (χ1) is 8.06. The fourth-order valence-corrected chi connectivity index (χ4v) is 3.27. The molecule has 2 atom stereocenters. The molecule has 2 unspecified atom stereocenters. The fourth-order valence-electron chi connectivity index (χ4n) is 3.27. The van der Waals surface area contributed by atoms with Crippen LogP contribution in [0, 0.1) is 11.8 Å². The number of hydrogen-bond donors (Lipinski definition) is 1. The smallest absolute Gasteiger partial charge is 0.0589 e. The Morgan fingerprint density at radius 2 is 2.18 bits per heavy atom. The SMILES string of the molecule is COCCN(CC(C)C)C1(CN)CCCC1C. The van der Waals surface area contributed by atoms with Crippen molar-refractivity contribution < 1.29 is 4.74 Å². The second kappa shape index (κ2) is 6.72. The van der Waals surface area contributed by atoms with Gasteiger partial charge in [-0.1, -0.05) is 27.2 Å². The summed E-state index contributed by atoms with van der Waals surface area (Å²) in [6.45, 7) is 10.7. The third-order valence-corrected chi connectivity index (χ3v) is 4.30. The summed E-state index contributed by atoms with van der Waals surface area (Å²) in [6.07, 6.45) is 3.89. The number of nitrogens with two attached hydrogens (primary N) is 1. The molecule has 2 N–H and O–H groups in total. The van der Waals surface area contributed by atoms with Crippen LogP contribution in [0.25, 0.3) is 0 Å². The van der Waals surface area contributed by atoms with Gasteiger partial charge in [-0.15, -0.1) is 0 Å². The Morgan fingerprint density at radius 1 is 1.47 bits per heavy atom. The number of hydrogen-bond acceptors (Lipinski definition) is 3. The van der Waals surface area contributed by atoms with Gasteiger partial charge in [0, 0.05) is 32.3 Å². The molecule has 0 aromatic rings. The zero-order valence-corrected chi connectivity index (χ0v) is 12.0. The van der Waals surface area contributed by atoms with E-state index in [9.17, 15) is 0 Å². The molecule has 0 aromatic heterocycles. The summed E-state index contributed by atoms with van der Waals surface area (Å²) in [5.74, 6) is 1.39. The van der Waals surface area contributed by atoms with Crippen LogP contribution in [0.1, 0.15) is 40.0 Å². The van der Waals surface area contributed by atoms with E-state index in [0.29, 0.717) is 11.8 Å². The normalized spacial score (nSPS) is 29.5. The average Bonchev–Trinajstić information content (AvgIpc) is 2.66. The summed E-state index contributed by atoms with van der Waals surface area (Å²) >= 11 is 0. The first kappa shape index (κ1) is 14.9. The van der Waals surface area contributed by atoms with E-state index in [1.165, 1.54) is 19.3 Å². The summed E-state index contributed by atoms with van der Waals surface area (Å²) in [7, 11) is 1.78. The summed E-state index contributed by atoms with van der Waals surface area (Å²) < 4.78 is 5.26. The van der Waals surface area contributed by atoms with E-state index in [0.717, 1.165) is 26.2 Å². The Balaban J connectivity index is 2.77. The quantitative estimate of drug-likeness (QED) is 0.743. The largest absolute Gasteiger partial charge is 0.383 e. The van der Waals surface area contributed by atoms with Crippen molar-refractivity contribution >= 4 is 0 Å². The van der Waals surface area contributed by atoms with Gasteiger partial charge in [-0.2, -0.15) is 0 Å². The lowest BCUT2D eigenvalue weighted by molar-refractivity contribution is 0.0290. The summed E-state index contributed by atoms with van der Waals surface area (Å²) in [6, 6.07) is 0. The minimum atomic E-state index is 0.225. The predicted molar refractivity (Wildman–Crippen MR) is 73.1 cm³/mol. The van der Waals surface area contributed by atoms with E-state index in [1.54, 1.807) is 7.11 Å². The van der Waals surface area contributed by atoms with Crippen molar-refractivity contribution in [1.82, 2.24) is 4.90 Å². The minimum Gasteiger partial charge on any atom is -0.383 e. The van der Waals surface area contributed by atoms with E-state index in [1.807, 2.05) is 0 Å². The van der Waals surface area contributed by atoms with Crippen molar-refractivity contribution in [2.75, 3.05) is 33.4 Å². The molecule has 0 spiro atoms. The van der Waals surface area contributed by atoms with Crippen molar-refractivity contribution in [3.8, 4) is 0 Å². The number of ether oxygens (including phenoxy) is 1. The second-order valence-corrected chi connectivity index (χ2v) is 5.93. The van der Waals surface area contributed by atoms with Crippen LogP contribution in [0.2, 0.25) is 0 Å². The van der Waals surface area contributed by atoms with Gasteiger partial charge >= 0.3 is 0 Å². The van der Waals surface area contributed by atoms with Gasteiger partial charge in [-0.05, 0) is 24.7 Å². The van der Waals surface area contributed by atoms with E-state index in [2.05, 4.69) is 25.7 Å². The average molecular weight is 242 g/mol. The third-order valence-electron chi connectivity index (χ3n) is 4.30. The molecular weight excluding hydrogens is 212 g/mol. The van der Waals surface area contributed by atoms with Gasteiger partial charge in [0.2, 0.25) is 0 Å². The van der Waals surface area contributed by atoms with Crippen LogP contribution in [-0.4, -0.2) is 43.8 Å². The summed E-state index contributed by atoms with van der Waals surface area (Å²) in [5.41, 5.74) is 6.35. The van der Waals surface area contributed by atoms with E-state index < -0.39 is 0 Å². The van der Waals surface area contributed by atoms with Crippen LogP contribution < -0.4 is 5.73 Å². The topological polar surface area (TPSA) is 38.5 Å². The summed E-state index contributed by atoms with van der Waals surface area (Å²) in [4.78, 5) is 2.60. The van der Waals surface area contributed by atoms with Gasteiger partial charge in [0.05, 0.1) is 6.61 Å². The van der Waals surface area contributed by atoms with E-state index >= 15 is 0 Å². The lowest BCUT2D eigenvalue weighted by atomic mass is 9.85. The zero-order chi connectivity index (χ0) is 12.9. The van der Waals surface area contributed by atoms with E-state index in [4.69, 9.17) is 10.5 Å². The molecule has 102 valence electrons. The van der Waals surface area contributed by atoms with Crippen molar-refractivity contribution in [2.24, 2.45) is 17.6 Å². The van der Waals surface area contributed by atoms with Gasteiger partial charge in [0.1, 0.15) is 0 Å². The number of nitrogens with zero attached hydrogens (tertiary/aromatic N) is 1. The van der Waals surface area contributed by atoms with Crippen LogP contribution in [0.3, 0.4) is 0 Å². The first-order valence-electron chi connectivity index (χ1n) is 7.01. The van der Waals surface area contributed by atoms with Crippen LogP contribution >= 0.6 is 0 Å². The van der Waals surface area contributed by atoms with Crippen molar-refractivity contribution in [3.63, 3.8) is 0 Å². The second-order valence-electron chi connectivity index (χ2n) is 5.93. The number of rotatable bonds is 7. The molecule has 0 saturated heterocycles. The van der Waals surface area contributed by atoms with Crippen molar-refractivity contribution in [2.45, 2.75) is 45.6 Å². The van der Waals surface area contributed by atoms with Gasteiger partial charge in [0.25, 0.3) is 0 Å². The van der Waals surface area contributed by atoms with Crippen molar-refractivity contribution in [3.05, 3.63) is 0 Å². The Bertz CT molecular complexity index is 220. The number of methoxy groups -OCH3 is 1. The maximum atomic E-state index is 6.13. The van der Waals surface area contributed by atoms with Gasteiger partial charge in [-0.25, -0.2) is 0 Å². The molecule has 1 rings (SSSR count). The predicted octanol–water partition coefficient (Wildman–Crippen LogP) is 2.11. The maximum Gasteiger partial charge on any atom is 0.0589 e. The molecule has 17 heavy (non-hydrogen) atoms. The molecule has 1 saturated carbocycles. The molecule has 1 aliphatic rings. The summed E-state index contributed by atoms with van der Waals surface area (Å²) in [5, 5.41) is 0. The Morgan fingerprint density at radius 3 is 2.59 bits per heavy atom. The van der Waals surface area contributed by atoms with Gasteiger partial charge in [-0.3, -0.25) is 4.90 Å². The fraction of sp³-hybridized carbons (Fsp3) is 1.00. The molecule has 0 heterocycles. The van der Waals surface area contributed by atoms with Crippen LogP contribution in [0.5, 0.6) is 0 Å². The molecule has 0 amide bonds. The monoisotopic (exact) mass is 242 g/mol. The van der Waals surface area contributed by atoms with Crippen LogP contribution in [0.4, 0.5) is 0 Å². The first-order valence-corrected chi connectivity index (χ1v) is 7.01. The molecule has 1 aliphatic carbocycles. The Kier molecular flexibility index (Phi) is 5.90. The van der Waals surface area contributed by atoms with Gasteiger partial charge < -0.3 is 10.5 Å². The molecule has 0 radical (unpaired) electrons. The molecule has 1 fully saturated rings. The Labute approximate surface area is 107 Å². The molecule has 3 nitrogen and oxygen atoms in total. The lowest BCUT2D eigenvalue weighted by Crippen LogP contribution is -2.57. The zero-order valence-electron chi connectivity index (χ0n) is 12.0. The lowest BCUT2D eigenvalue weighted by Gasteiger charge is -2.45. The van der Waals surface area contributed by atoms with Crippen LogP contribution in [-0.2, 0) is 4.74 Å². The third kappa shape index (κ3) is 3.43. The van der Waals surface area contributed by atoms with E-state index in [-0.39, 0.29) is 5.54 Å². The molecule has 0 aromatic carbocycles. The standard InChI is InChI=1S/C14H30N2O/c1-12(2)10-16(8-9-17-4)14(11-15)7-5-6-13(14)3/h12-13H,5-11,15H2,1-4H3. The minimum absolute atomic E-state index is 0.225. The molecule has 0 aliphatic heterocycles. The molecular formula is C14H30N2O. The Hall–Kier alpha value is -0.120. The highest BCUT2D eigenvalue weighted by Gasteiger charge is 2.43. The highest BCUT2D eigenvalue weighted by molar-refractivity contribution is 5.00. The van der Waals surface area contributed by atoms with Crippen molar-refractivity contribution in [1.29, 1.82) is 0 Å². The highest BCUT2D eigenvalue weighted by Crippen LogP contribution is 2.39. The highest BCUT2D eigenvalue weighted by atomic mass is 16.5. The molecule has 3 heteroatoms. The molecule has 0 bridgehead atoms. The maximum absolute atomic E-state index is 6.13. The van der Waals surface area contributed by atoms with Gasteiger partial charge in [0.15, 0.2) is 0 Å².